The van der Waals surface area contributed by atoms with Gasteiger partial charge in [-0.1, -0.05) is 0 Å². The highest BCUT2D eigenvalue weighted by molar-refractivity contribution is 5.27. The molecule has 0 aliphatic carbocycles. The summed E-state index contributed by atoms with van der Waals surface area (Å²) in [6.45, 7) is 0.784. The summed E-state index contributed by atoms with van der Waals surface area (Å²) in [6, 6.07) is 1.17. The van der Waals surface area contributed by atoms with Crippen molar-refractivity contribution in [3.63, 3.8) is 0 Å². The minimum absolute atomic E-state index is 0.169. The SMILES string of the molecule is OCCn1cc2c(n1)C[C@@H]1CC[C@H]2N1. The molecule has 2 aliphatic rings. The van der Waals surface area contributed by atoms with Crippen LogP contribution in [0.3, 0.4) is 0 Å². The fourth-order valence-corrected chi connectivity index (χ4v) is 2.60. The molecule has 0 spiro atoms. The summed E-state index contributed by atoms with van der Waals surface area (Å²) in [6.07, 6.45) is 5.67. The molecule has 3 heterocycles. The van der Waals surface area contributed by atoms with Gasteiger partial charge in [0.25, 0.3) is 0 Å². The van der Waals surface area contributed by atoms with Crippen molar-refractivity contribution in [1.82, 2.24) is 15.1 Å². The normalized spacial score (nSPS) is 29.2. The van der Waals surface area contributed by atoms with E-state index in [2.05, 4.69) is 16.6 Å². The van der Waals surface area contributed by atoms with Gasteiger partial charge in [-0.3, -0.25) is 4.68 Å². The molecule has 0 aromatic carbocycles. The summed E-state index contributed by atoms with van der Waals surface area (Å²) in [5.74, 6) is 0. The Morgan fingerprint density at radius 2 is 2.50 bits per heavy atom. The van der Waals surface area contributed by atoms with Gasteiger partial charge >= 0.3 is 0 Å². The van der Waals surface area contributed by atoms with Crippen LogP contribution in [0.2, 0.25) is 0 Å². The number of aliphatic hydroxyl groups is 1. The van der Waals surface area contributed by atoms with E-state index < -0.39 is 0 Å². The van der Waals surface area contributed by atoms with Crippen LogP contribution >= 0.6 is 0 Å². The monoisotopic (exact) mass is 193 g/mol. The maximum atomic E-state index is 8.84. The molecule has 1 aromatic heterocycles. The summed E-state index contributed by atoms with van der Waals surface area (Å²) in [7, 11) is 0. The van der Waals surface area contributed by atoms with Crippen molar-refractivity contribution in [2.45, 2.75) is 37.9 Å². The summed E-state index contributed by atoms with van der Waals surface area (Å²) < 4.78 is 1.87. The average molecular weight is 193 g/mol. The molecule has 4 heteroatoms. The maximum absolute atomic E-state index is 8.84. The van der Waals surface area contributed by atoms with E-state index in [1.165, 1.54) is 24.1 Å². The van der Waals surface area contributed by atoms with Gasteiger partial charge in [-0.2, -0.15) is 5.10 Å². The van der Waals surface area contributed by atoms with Crippen molar-refractivity contribution in [3.05, 3.63) is 17.5 Å². The smallest absolute Gasteiger partial charge is 0.0687 e. The fraction of sp³-hybridized carbons (Fsp3) is 0.700. The minimum Gasteiger partial charge on any atom is -0.394 e. The molecule has 1 saturated heterocycles. The van der Waals surface area contributed by atoms with E-state index in [9.17, 15) is 0 Å². The van der Waals surface area contributed by atoms with Crippen LogP contribution in [-0.2, 0) is 13.0 Å². The highest BCUT2D eigenvalue weighted by Gasteiger charge is 2.33. The molecular formula is C10H15N3O. The van der Waals surface area contributed by atoms with Crippen molar-refractivity contribution in [1.29, 1.82) is 0 Å². The van der Waals surface area contributed by atoms with Crippen LogP contribution in [-0.4, -0.2) is 27.5 Å². The lowest BCUT2D eigenvalue weighted by Crippen LogP contribution is -2.31. The molecule has 0 saturated carbocycles. The molecular weight excluding hydrogens is 178 g/mol. The van der Waals surface area contributed by atoms with Gasteiger partial charge in [-0.05, 0) is 12.8 Å². The summed E-state index contributed by atoms with van der Waals surface area (Å²) in [4.78, 5) is 0. The Morgan fingerprint density at radius 1 is 1.57 bits per heavy atom. The zero-order chi connectivity index (χ0) is 9.54. The van der Waals surface area contributed by atoms with Crippen LogP contribution in [0.4, 0.5) is 0 Å². The first-order valence-electron chi connectivity index (χ1n) is 5.30. The molecule has 2 atom stereocenters. The third-order valence-electron chi connectivity index (χ3n) is 3.26. The van der Waals surface area contributed by atoms with Crippen LogP contribution in [0.1, 0.15) is 30.1 Å². The highest BCUT2D eigenvalue weighted by atomic mass is 16.3. The minimum atomic E-state index is 0.169. The fourth-order valence-electron chi connectivity index (χ4n) is 2.60. The van der Waals surface area contributed by atoms with Crippen LogP contribution in [0.25, 0.3) is 0 Å². The van der Waals surface area contributed by atoms with Crippen LogP contribution in [0.15, 0.2) is 6.20 Å². The number of hydrogen-bond donors (Lipinski definition) is 2. The molecule has 3 rings (SSSR count). The Balaban J connectivity index is 1.94. The standard InChI is InChI=1S/C10H15N3O/c14-4-3-13-6-8-9-2-1-7(11-9)5-10(8)12-13/h6-7,9,11,14H,1-5H2/t7-,9+/m0/s1. The Labute approximate surface area is 82.9 Å². The lowest BCUT2D eigenvalue weighted by atomic mass is 10.0. The summed E-state index contributed by atoms with van der Waals surface area (Å²) in [5.41, 5.74) is 2.59. The van der Waals surface area contributed by atoms with Gasteiger partial charge < -0.3 is 10.4 Å². The third-order valence-corrected chi connectivity index (χ3v) is 3.26. The predicted octanol–water partition coefficient (Wildman–Crippen LogP) is 0.225. The molecule has 0 unspecified atom stereocenters. The number of fused-ring (bicyclic) bond motifs is 4. The van der Waals surface area contributed by atoms with Gasteiger partial charge in [0.15, 0.2) is 0 Å². The number of nitrogens with one attached hydrogen (secondary N) is 1. The van der Waals surface area contributed by atoms with Crippen LogP contribution in [0, 0.1) is 0 Å². The summed E-state index contributed by atoms with van der Waals surface area (Å²) in [5, 5.41) is 16.9. The second-order valence-corrected chi connectivity index (χ2v) is 4.22. The molecule has 2 N–H and O–H groups in total. The van der Waals surface area contributed by atoms with E-state index in [0.717, 1.165) is 6.42 Å². The van der Waals surface area contributed by atoms with Gasteiger partial charge in [-0.15, -0.1) is 0 Å². The number of hydrogen-bond acceptors (Lipinski definition) is 3. The largest absolute Gasteiger partial charge is 0.394 e. The van der Waals surface area contributed by atoms with Gasteiger partial charge in [-0.25, -0.2) is 0 Å². The van der Waals surface area contributed by atoms with Crippen molar-refractivity contribution < 1.29 is 5.11 Å². The van der Waals surface area contributed by atoms with Crippen molar-refractivity contribution in [3.8, 4) is 0 Å². The van der Waals surface area contributed by atoms with E-state index in [1.54, 1.807) is 0 Å². The van der Waals surface area contributed by atoms with E-state index in [4.69, 9.17) is 5.11 Å². The third kappa shape index (κ3) is 1.18. The average Bonchev–Trinajstić information content (AvgIpc) is 2.73. The zero-order valence-electron chi connectivity index (χ0n) is 8.11. The van der Waals surface area contributed by atoms with Gasteiger partial charge in [0.05, 0.1) is 18.8 Å². The molecule has 4 nitrogen and oxygen atoms in total. The second kappa shape index (κ2) is 3.07. The van der Waals surface area contributed by atoms with Gasteiger partial charge in [0, 0.05) is 30.3 Å². The molecule has 14 heavy (non-hydrogen) atoms. The molecule has 1 fully saturated rings. The van der Waals surface area contributed by atoms with Crippen molar-refractivity contribution in [2.75, 3.05) is 6.61 Å². The zero-order valence-corrected chi connectivity index (χ0v) is 8.11. The lowest BCUT2D eigenvalue weighted by Gasteiger charge is -2.19. The number of aliphatic hydroxyl groups excluding tert-OH is 1. The lowest BCUT2D eigenvalue weighted by molar-refractivity contribution is 0.269. The molecule has 1 aromatic rings. The Hall–Kier alpha value is -0.870. The molecule has 0 radical (unpaired) electrons. The predicted molar refractivity (Wildman–Crippen MR) is 51.9 cm³/mol. The Bertz CT molecular complexity index is 347. The Morgan fingerprint density at radius 3 is 3.36 bits per heavy atom. The second-order valence-electron chi connectivity index (χ2n) is 4.22. The first-order valence-corrected chi connectivity index (χ1v) is 5.30. The molecule has 2 bridgehead atoms. The first kappa shape index (κ1) is 8.44. The number of aromatic nitrogens is 2. The van der Waals surface area contributed by atoms with E-state index in [1.807, 2.05) is 4.68 Å². The first-order chi connectivity index (χ1) is 6.86. The molecule has 0 amide bonds. The maximum Gasteiger partial charge on any atom is 0.0687 e. The van der Waals surface area contributed by atoms with Crippen LogP contribution < -0.4 is 5.32 Å². The van der Waals surface area contributed by atoms with Gasteiger partial charge in [0.2, 0.25) is 0 Å². The van der Waals surface area contributed by atoms with E-state index in [0.29, 0.717) is 18.6 Å². The van der Waals surface area contributed by atoms with Gasteiger partial charge in [0.1, 0.15) is 0 Å². The van der Waals surface area contributed by atoms with E-state index >= 15 is 0 Å². The summed E-state index contributed by atoms with van der Waals surface area (Å²) >= 11 is 0. The molecule has 2 aliphatic heterocycles. The van der Waals surface area contributed by atoms with Crippen molar-refractivity contribution in [2.24, 2.45) is 0 Å². The molecule has 76 valence electrons. The number of rotatable bonds is 2. The van der Waals surface area contributed by atoms with Crippen molar-refractivity contribution >= 4 is 0 Å². The topological polar surface area (TPSA) is 50.1 Å². The van der Waals surface area contributed by atoms with E-state index in [-0.39, 0.29) is 6.61 Å². The Kier molecular flexibility index (Phi) is 1.85. The number of nitrogens with zero attached hydrogens (tertiary/aromatic N) is 2. The highest BCUT2D eigenvalue weighted by Crippen LogP contribution is 2.34. The van der Waals surface area contributed by atoms with Crippen LogP contribution in [0.5, 0.6) is 0 Å². The quantitative estimate of drug-likeness (QED) is 0.706.